The van der Waals surface area contributed by atoms with Crippen LogP contribution >= 0.6 is 0 Å². The summed E-state index contributed by atoms with van der Waals surface area (Å²) in [5, 5.41) is 3.18. The third kappa shape index (κ3) is 2.96. The molecule has 0 aliphatic heterocycles. The average Bonchev–Trinajstić information content (AvgIpc) is 2.21. The van der Waals surface area contributed by atoms with Crippen LogP contribution in [0.15, 0.2) is 6.33 Å². The van der Waals surface area contributed by atoms with E-state index in [-0.39, 0.29) is 5.54 Å². The van der Waals surface area contributed by atoms with Crippen molar-refractivity contribution in [1.29, 1.82) is 0 Å². The van der Waals surface area contributed by atoms with Gasteiger partial charge in [-0.3, -0.25) is 0 Å². The van der Waals surface area contributed by atoms with Crippen molar-refractivity contribution in [2.45, 2.75) is 19.4 Å². The molecule has 0 unspecified atom stereocenters. The van der Waals surface area contributed by atoms with Crippen LogP contribution in [0, 0.1) is 0 Å². The van der Waals surface area contributed by atoms with Crippen molar-refractivity contribution in [2.75, 3.05) is 31.9 Å². The number of nitrogens with zero attached hydrogens (tertiary/aromatic N) is 2. The molecule has 0 aliphatic rings. The summed E-state index contributed by atoms with van der Waals surface area (Å²) in [7, 11) is 3.16. The fourth-order valence-corrected chi connectivity index (χ4v) is 1.36. The fourth-order valence-electron chi connectivity index (χ4n) is 1.36. The van der Waals surface area contributed by atoms with Gasteiger partial charge in [-0.2, -0.15) is 4.98 Å². The fraction of sp³-hybridized carbons (Fsp3) is 0.600. The zero-order valence-electron chi connectivity index (χ0n) is 10.1. The molecule has 0 aromatic carbocycles. The number of methoxy groups -OCH3 is 2. The van der Waals surface area contributed by atoms with Crippen molar-refractivity contribution in [1.82, 2.24) is 9.97 Å². The molecule has 6 heteroatoms. The molecule has 1 aromatic rings. The molecule has 0 amide bonds. The normalized spacial score (nSPS) is 11.2. The number of nitrogens with two attached hydrogens (primary N) is 1. The van der Waals surface area contributed by atoms with Crippen LogP contribution in [-0.4, -0.2) is 36.3 Å². The topological polar surface area (TPSA) is 82.3 Å². The minimum atomic E-state index is -0.262. The lowest BCUT2D eigenvalue weighted by molar-refractivity contribution is 0.158. The third-order valence-corrected chi connectivity index (χ3v) is 2.00. The molecule has 0 bridgehead atoms. The second kappa shape index (κ2) is 4.98. The van der Waals surface area contributed by atoms with Gasteiger partial charge in [0.05, 0.1) is 19.3 Å². The first-order valence-electron chi connectivity index (χ1n) is 4.92. The van der Waals surface area contributed by atoms with E-state index >= 15 is 0 Å². The Hall–Kier alpha value is -1.56. The van der Waals surface area contributed by atoms with E-state index in [1.54, 1.807) is 7.11 Å². The van der Waals surface area contributed by atoms with Gasteiger partial charge in [-0.05, 0) is 13.8 Å². The van der Waals surface area contributed by atoms with Crippen LogP contribution in [0.25, 0.3) is 0 Å². The Bertz CT molecular complexity index is 355. The average molecular weight is 226 g/mol. The van der Waals surface area contributed by atoms with Crippen LogP contribution < -0.4 is 15.8 Å². The maximum Gasteiger partial charge on any atom is 0.242 e. The molecule has 0 fully saturated rings. The summed E-state index contributed by atoms with van der Waals surface area (Å²) in [6.07, 6.45) is 1.40. The Labute approximate surface area is 95.2 Å². The maximum absolute atomic E-state index is 5.84. The first-order chi connectivity index (χ1) is 7.50. The van der Waals surface area contributed by atoms with Crippen LogP contribution in [-0.2, 0) is 4.74 Å². The zero-order valence-corrected chi connectivity index (χ0v) is 10.1. The third-order valence-electron chi connectivity index (χ3n) is 2.00. The number of rotatable bonds is 5. The van der Waals surface area contributed by atoms with Crippen LogP contribution in [0.4, 0.5) is 11.5 Å². The van der Waals surface area contributed by atoms with Crippen molar-refractivity contribution < 1.29 is 9.47 Å². The minimum absolute atomic E-state index is 0.262. The number of nitrogen functional groups attached to an aromatic ring is 1. The molecular weight excluding hydrogens is 208 g/mol. The Morgan fingerprint density at radius 1 is 1.38 bits per heavy atom. The molecule has 0 aliphatic carbocycles. The molecule has 1 aromatic heterocycles. The first-order valence-corrected chi connectivity index (χ1v) is 4.92. The lowest BCUT2D eigenvalue weighted by Gasteiger charge is -2.26. The number of aromatic nitrogens is 2. The highest BCUT2D eigenvalue weighted by atomic mass is 16.5. The van der Waals surface area contributed by atoms with Gasteiger partial charge in [-0.25, -0.2) is 4.98 Å². The molecule has 0 atom stereocenters. The second-order valence-corrected chi connectivity index (χ2v) is 4.09. The Kier molecular flexibility index (Phi) is 3.89. The highest BCUT2D eigenvalue weighted by Crippen LogP contribution is 2.26. The quantitative estimate of drug-likeness (QED) is 0.776. The van der Waals surface area contributed by atoms with Crippen molar-refractivity contribution in [3.8, 4) is 5.88 Å². The monoisotopic (exact) mass is 226 g/mol. The van der Waals surface area contributed by atoms with E-state index in [1.807, 2.05) is 13.8 Å². The van der Waals surface area contributed by atoms with Gasteiger partial charge in [-0.15, -0.1) is 0 Å². The number of anilines is 2. The van der Waals surface area contributed by atoms with Gasteiger partial charge in [0.15, 0.2) is 5.82 Å². The number of hydrogen-bond acceptors (Lipinski definition) is 6. The van der Waals surface area contributed by atoms with Crippen LogP contribution in [0.2, 0.25) is 0 Å². The van der Waals surface area contributed by atoms with Crippen molar-refractivity contribution in [3.63, 3.8) is 0 Å². The van der Waals surface area contributed by atoms with Crippen molar-refractivity contribution >= 4 is 11.5 Å². The molecule has 0 spiro atoms. The van der Waals surface area contributed by atoms with Crippen molar-refractivity contribution in [2.24, 2.45) is 0 Å². The van der Waals surface area contributed by atoms with E-state index in [9.17, 15) is 0 Å². The SMILES string of the molecule is COCC(C)(C)Nc1ncnc(OC)c1N. The second-order valence-electron chi connectivity index (χ2n) is 4.09. The number of hydrogen-bond donors (Lipinski definition) is 2. The summed E-state index contributed by atoms with van der Waals surface area (Å²) < 4.78 is 10.1. The first kappa shape index (κ1) is 12.5. The molecule has 90 valence electrons. The standard InChI is InChI=1S/C10H18N4O2/c1-10(2,5-15-3)14-8-7(11)9(16-4)13-6-12-8/h6H,5,11H2,1-4H3,(H,12,13,14). The van der Waals surface area contributed by atoms with E-state index in [4.69, 9.17) is 15.2 Å². The summed E-state index contributed by atoms with van der Waals surface area (Å²) in [5.41, 5.74) is 5.98. The Morgan fingerprint density at radius 2 is 2.06 bits per heavy atom. The molecule has 3 N–H and O–H groups in total. The zero-order chi connectivity index (χ0) is 12.2. The summed E-state index contributed by atoms with van der Waals surface area (Å²) in [6, 6.07) is 0. The largest absolute Gasteiger partial charge is 0.479 e. The molecule has 0 radical (unpaired) electrons. The lowest BCUT2D eigenvalue weighted by Crippen LogP contribution is -2.36. The van der Waals surface area contributed by atoms with E-state index in [0.717, 1.165) is 0 Å². The van der Waals surface area contributed by atoms with Gasteiger partial charge >= 0.3 is 0 Å². The van der Waals surface area contributed by atoms with Gasteiger partial charge in [0.2, 0.25) is 5.88 Å². The maximum atomic E-state index is 5.84. The molecule has 1 rings (SSSR count). The van der Waals surface area contributed by atoms with E-state index in [0.29, 0.717) is 24.0 Å². The van der Waals surface area contributed by atoms with E-state index < -0.39 is 0 Å². The number of ether oxygens (including phenoxy) is 2. The van der Waals surface area contributed by atoms with Gasteiger partial charge in [0.1, 0.15) is 12.0 Å². The molecule has 16 heavy (non-hydrogen) atoms. The lowest BCUT2D eigenvalue weighted by atomic mass is 10.1. The van der Waals surface area contributed by atoms with Crippen LogP contribution in [0.1, 0.15) is 13.8 Å². The molecule has 0 saturated heterocycles. The number of nitrogens with one attached hydrogen (secondary N) is 1. The van der Waals surface area contributed by atoms with E-state index in [1.165, 1.54) is 13.4 Å². The van der Waals surface area contributed by atoms with Gasteiger partial charge < -0.3 is 20.5 Å². The van der Waals surface area contributed by atoms with Crippen LogP contribution in [0.3, 0.4) is 0 Å². The van der Waals surface area contributed by atoms with Gasteiger partial charge in [0.25, 0.3) is 0 Å². The summed E-state index contributed by atoms with van der Waals surface area (Å²) in [5.74, 6) is 0.916. The predicted molar refractivity (Wildman–Crippen MR) is 62.6 cm³/mol. The Morgan fingerprint density at radius 3 is 2.62 bits per heavy atom. The molecule has 1 heterocycles. The predicted octanol–water partition coefficient (Wildman–Crippen LogP) is 0.904. The van der Waals surface area contributed by atoms with Gasteiger partial charge in [0, 0.05) is 7.11 Å². The van der Waals surface area contributed by atoms with Gasteiger partial charge in [-0.1, -0.05) is 0 Å². The summed E-state index contributed by atoms with van der Waals surface area (Å²) in [4.78, 5) is 7.98. The summed E-state index contributed by atoms with van der Waals surface area (Å²) >= 11 is 0. The van der Waals surface area contributed by atoms with Crippen molar-refractivity contribution in [3.05, 3.63) is 6.33 Å². The molecule has 0 saturated carbocycles. The smallest absolute Gasteiger partial charge is 0.242 e. The molecule has 6 nitrogen and oxygen atoms in total. The minimum Gasteiger partial charge on any atom is -0.479 e. The van der Waals surface area contributed by atoms with Crippen LogP contribution in [0.5, 0.6) is 5.88 Å². The Balaban J connectivity index is 2.89. The highest BCUT2D eigenvalue weighted by molar-refractivity contribution is 5.67. The van der Waals surface area contributed by atoms with E-state index in [2.05, 4.69) is 15.3 Å². The molecular formula is C10H18N4O2. The highest BCUT2D eigenvalue weighted by Gasteiger charge is 2.20. The summed E-state index contributed by atoms with van der Waals surface area (Å²) in [6.45, 7) is 4.52.